The number of likely N-dealkylation sites (tertiary alicyclic amines) is 1. The highest BCUT2D eigenvalue weighted by molar-refractivity contribution is 6.30. The van der Waals surface area contributed by atoms with E-state index in [4.69, 9.17) is 16.3 Å². The van der Waals surface area contributed by atoms with Crippen LogP contribution in [-0.2, 0) is 11.6 Å². The van der Waals surface area contributed by atoms with Gasteiger partial charge in [0.25, 0.3) is 0 Å². The lowest BCUT2D eigenvalue weighted by atomic mass is 9.64. The molecule has 4 rings (SSSR count). The summed E-state index contributed by atoms with van der Waals surface area (Å²) in [7, 11) is 0. The Morgan fingerprint density at radius 2 is 1.72 bits per heavy atom. The number of rotatable bonds is 6. The van der Waals surface area contributed by atoms with Crippen molar-refractivity contribution in [3.8, 4) is 5.75 Å². The molecule has 1 aliphatic heterocycles. The summed E-state index contributed by atoms with van der Waals surface area (Å²) in [6.07, 6.45) is 0.413. The monoisotopic (exact) mass is 423 g/mol. The summed E-state index contributed by atoms with van der Waals surface area (Å²) in [6.45, 7) is 3.59. The Bertz CT molecular complexity index is 816. The lowest BCUT2D eigenvalue weighted by molar-refractivity contribution is -0.137. The fraction of sp³-hybridized carbons (Fsp3) is 0.478. The van der Waals surface area contributed by atoms with Crippen LogP contribution in [0.3, 0.4) is 0 Å². The molecule has 0 N–H and O–H groups in total. The maximum atomic E-state index is 12.7. The van der Waals surface area contributed by atoms with Crippen molar-refractivity contribution >= 4 is 11.6 Å². The fourth-order valence-corrected chi connectivity index (χ4v) is 4.65. The molecule has 1 unspecified atom stereocenters. The van der Waals surface area contributed by atoms with Crippen molar-refractivity contribution in [1.82, 2.24) is 4.90 Å². The summed E-state index contributed by atoms with van der Waals surface area (Å²) in [5.74, 6) is 0.896. The highest BCUT2D eigenvalue weighted by atomic mass is 35.5. The largest absolute Gasteiger partial charge is 0.493 e. The number of ether oxygens (including phenoxy) is 1. The van der Waals surface area contributed by atoms with Gasteiger partial charge in [-0.25, -0.2) is 0 Å². The van der Waals surface area contributed by atoms with Gasteiger partial charge in [0.15, 0.2) is 0 Å². The molecule has 29 heavy (non-hydrogen) atoms. The van der Waals surface area contributed by atoms with Gasteiger partial charge in [-0.15, -0.1) is 0 Å². The van der Waals surface area contributed by atoms with Gasteiger partial charge in [-0.1, -0.05) is 30.2 Å². The summed E-state index contributed by atoms with van der Waals surface area (Å²) in [5.41, 5.74) is 0.954. The van der Waals surface area contributed by atoms with Crippen molar-refractivity contribution in [3.63, 3.8) is 0 Å². The lowest BCUT2D eigenvalue weighted by Crippen LogP contribution is -2.45. The third kappa shape index (κ3) is 4.72. The highest BCUT2D eigenvalue weighted by Crippen LogP contribution is 2.45. The van der Waals surface area contributed by atoms with E-state index in [-0.39, 0.29) is 5.41 Å². The Labute approximate surface area is 174 Å². The van der Waals surface area contributed by atoms with Crippen LogP contribution in [0, 0.1) is 5.92 Å². The number of halogens is 4. The van der Waals surface area contributed by atoms with Gasteiger partial charge >= 0.3 is 6.18 Å². The van der Waals surface area contributed by atoms with Gasteiger partial charge < -0.3 is 9.64 Å². The highest BCUT2D eigenvalue weighted by Gasteiger charge is 2.41. The first-order chi connectivity index (χ1) is 13.8. The molecule has 2 nitrogen and oxygen atoms in total. The zero-order valence-corrected chi connectivity index (χ0v) is 17.0. The van der Waals surface area contributed by atoms with E-state index < -0.39 is 11.7 Å². The van der Waals surface area contributed by atoms with Crippen molar-refractivity contribution in [3.05, 3.63) is 64.7 Å². The van der Waals surface area contributed by atoms with Gasteiger partial charge in [-0.2, -0.15) is 13.2 Å². The minimum atomic E-state index is -4.31. The van der Waals surface area contributed by atoms with Crippen molar-refractivity contribution in [1.29, 1.82) is 0 Å². The van der Waals surface area contributed by atoms with Crippen LogP contribution in [0.5, 0.6) is 5.75 Å². The minimum Gasteiger partial charge on any atom is -0.493 e. The molecule has 2 aliphatic rings. The summed E-state index contributed by atoms with van der Waals surface area (Å²) in [4.78, 5) is 2.51. The van der Waals surface area contributed by atoms with Crippen LogP contribution in [-0.4, -0.2) is 31.1 Å². The Balaban J connectivity index is 1.29. The Hall–Kier alpha value is -1.72. The molecule has 1 atom stereocenters. The first-order valence-electron chi connectivity index (χ1n) is 10.1. The van der Waals surface area contributed by atoms with E-state index in [0.29, 0.717) is 18.3 Å². The summed E-state index contributed by atoms with van der Waals surface area (Å²) in [5, 5.41) is 0.768. The molecule has 156 valence electrons. The topological polar surface area (TPSA) is 12.5 Å². The lowest BCUT2D eigenvalue weighted by Gasteiger charge is -2.45. The molecular weight excluding hydrogens is 399 g/mol. The number of hydrogen-bond acceptors (Lipinski definition) is 2. The Morgan fingerprint density at radius 3 is 2.31 bits per heavy atom. The zero-order valence-electron chi connectivity index (χ0n) is 16.2. The second kappa shape index (κ2) is 8.19. The van der Waals surface area contributed by atoms with Gasteiger partial charge in [0.1, 0.15) is 5.75 Å². The normalized spacial score (nSPS) is 21.7. The standard InChI is InChI=1S/C23H25ClF3NO/c24-20-6-2-18(3-7-20)22(11-1-12-22)16-28-13-10-17(14-28)15-29-21-8-4-19(5-9-21)23(25,26)27/h2-9,17H,1,10-16H2. The van der Waals surface area contributed by atoms with Crippen LogP contribution >= 0.6 is 11.6 Å². The predicted octanol–water partition coefficient (Wildman–Crippen LogP) is 6.18. The summed E-state index contributed by atoms with van der Waals surface area (Å²) < 4.78 is 43.7. The summed E-state index contributed by atoms with van der Waals surface area (Å²) >= 11 is 6.05. The average molecular weight is 424 g/mol. The first-order valence-corrected chi connectivity index (χ1v) is 10.5. The third-order valence-electron chi connectivity index (χ3n) is 6.33. The zero-order chi connectivity index (χ0) is 20.5. The van der Waals surface area contributed by atoms with Crippen molar-refractivity contribution < 1.29 is 17.9 Å². The molecule has 1 saturated heterocycles. The minimum absolute atomic E-state index is 0.230. The number of alkyl halides is 3. The molecule has 1 saturated carbocycles. The van der Waals surface area contributed by atoms with Crippen LogP contribution in [0.15, 0.2) is 48.5 Å². The van der Waals surface area contributed by atoms with Crippen LogP contribution in [0.25, 0.3) is 0 Å². The van der Waals surface area contributed by atoms with Crippen LogP contribution in [0.1, 0.15) is 36.8 Å². The van der Waals surface area contributed by atoms with Crippen LogP contribution in [0.2, 0.25) is 5.02 Å². The molecule has 2 aromatic carbocycles. The maximum Gasteiger partial charge on any atom is 0.416 e. The third-order valence-corrected chi connectivity index (χ3v) is 6.58. The molecular formula is C23H25ClF3NO. The molecule has 1 aliphatic carbocycles. The molecule has 1 heterocycles. The fourth-order valence-electron chi connectivity index (χ4n) is 4.52. The van der Waals surface area contributed by atoms with Crippen molar-refractivity contribution in [2.45, 2.75) is 37.3 Å². The Morgan fingerprint density at radius 1 is 1.03 bits per heavy atom. The quantitative estimate of drug-likeness (QED) is 0.550. The molecule has 0 spiro atoms. The van der Waals surface area contributed by atoms with E-state index in [1.165, 1.54) is 37.0 Å². The van der Waals surface area contributed by atoms with E-state index in [9.17, 15) is 13.2 Å². The van der Waals surface area contributed by atoms with Crippen molar-refractivity contribution in [2.75, 3.05) is 26.2 Å². The molecule has 0 amide bonds. The smallest absolute Gasteiger partial charge is 0.416 e. The SMILES string of the molecule is FC(F)(F)c1ccc(OCC2CCN(CC3(c4ccc(Cl)cc4)CCC3)C2)cc1. The molecule has 2 fully saturated rings. The first kappa shape index (κ1) is 20.5. The van der Waals surface area contributed by atoms with Crippen molar-refractivity contribution in [2.24, 2.45) is 5.92 Å². The number of nitrogens with zero attached hydrogens (tertiary/aromatic N) is 1. The number of hydrogen-bond donors (Lipinski definition) is 0. The van der Waals surface area contributed by atoms with E-state index in [1.54, 1.807) is 0 Å². The summed E-state index contributed by atoms with van der Waals surface area (Å²) in [6, 6.07) is 13.2. The van der Waals surface area contributed by atoms with Gasteiger partial charge in [0.05, 0.1) is 12.2 Å². The maximum absolute atomic E-state index is 12.7. The van der Waals surface area contributed by atoms with Crippen LogP contribution < -0.4 is 4.74 Å². The molecule has 6 heteroatoms. The van der Waals surface area contributed by atoms with E-state index in [1.807, 2.05) is 12.1 Å². The predicted molar refractivity (Wildman–Crippen MR) is 108 cm³/mol. The average Bonchev–Trinajstić information content (AvgIpc) is 3.11. The van der Waals surface area contributed by atoms with Gasteiger partial charge in [0, 0.05) is 29.4 Å². The van der Waals surface area contributed by atoms with Gasteiger partial charge in [-0.05, 0) is 67.8 Å². The van der Waals surface area contributed by atoms with Gasteiger partial charge in [0.2, 0.25) is 0 Å². The second-order valence-electron chi connectivity index (χ2n) is 8.36. The second-order valence-corrected chi connectivity index (χ2v) is 8.80. The van der Waals surface area contributed by atoms with E-state index >= 15 is 0 Å². The molecule has 0 aromatic heterocycles. The molecule has 2 aromatic rings. The Kier molecular flexibility index (Phi) is 5.80. The van der Waals surface area contributed by atoms with Crippen LogP contribution in [0.4, 0.5) is 13.2 Å². The molecule has 0 radical (unpaired) electrons. The number of benzene rings is 2. The van der Waals surface area contributed by atoms with E-state index in [2.05, 4.69) is 17.0 Å². The molecule has 0 bridgehead atoms. The van der Waals surface area contributed by atoms with E-state index in [0.717, 1.165) is 43.2 Å². The van der Waals surface area contributed by atoms with Gasteiger partial charge in [-0.3, -0.25) is 0 Å².